The van der Waals surface area contributed by atoms with Gasteiger partial charge in [0.2, 0.25) is 0 Å². The van der Waals surface area contributed by atoms with E-state index in [0.29, 0.717) is 5.56 Å². The molecule has 1 amide bonds. The Bertz CT molecular complexity index is 485. The highest BCUT2D eigenvalue weighted by Crippen LogP contribution is 2.20. The fourth-order valence-electron chi connectivity index (χ4n) is 1.58. The van der Waals surface area contributed by atoms with E-state index in [0.717, 1.165) is 9.75 Å². The number of rotatable bonds is 3. The lowest BCUT2D eigenvalue weighted by Crippen LogP contribution is -2.42. The molecule has 0 aliphatic carbocycles. The van der Waals surface area contributed by atoms with Crippen LogP contribution in [-0.4, -0.2) is 23.5 Å². The van der Waals surface area contributed by atoms with Gasteiger partial charge in [-0.15, -0.1) is 11.3 Å². The molecule has 0 unspecified atom stereocenters. The van der Waals surface area contributed by atoms with E-state index in [1.165, 1.54) is 0 Å². The van der Waals surface area contributed by atoms with Crippen molar-refractivity contribution in [2.45, 2.75) is 53.2 Å². The number of ether oxygens (including phenoxy) is 1. The molecule has 0 aliphatic heterocycles. The van der Waals surface area contributed by atoms with Crippen molar-refractivity contribution in [1.82, 2.24) is 5.32 Å². The highest BCUT2D eigenvalue weighted by Gasteiger charge is 2.24. The van der Waals surface area contributed by atoms with Crippen LogP contribution >= 0.6 is 11.3 Å². The SMILES string of the molecule is Cc1cc(C(=O)N[C@H](C)C(=O)OC(C)(C)C)c(C)s1. The van der Waals surface area contributed by atoms with Gasteiger partial charge in [0, 0.05) is 9.75 Å². The molecule has 0 saturated heterocycles. The van der Waals surface area contributed by atoms with Gasteiger partial charge < -0.3 is 10.1 Å². The first-order chi connectivity index (χ1) is 8.60. The lowest BCUT2D eigenvalue weighted by atomic mass is 10.2. The maximum Gasteiger partial charge on any atom is 0.328 e. The number of esters is 1. The number of nitrogens with one attached hydrogen (secondary N) is 1. The van der Waals surface area contributed by atoms with Crippen LogP contribution in [0.25, 0.3) is 0 Å². The van der Waals surface area contributed by atoms with Crippen molar-refractivity contribution in [2.24, 2.45) is 0 Å². The first kappa shape index (κ1) is 15.7. The number of aryl methyl sites for hydroxylation is 2. The molecule has 4 nitrogen and oxygen atoms in total. The minimum absolute atomic E-state index is 0.236. The smallest absolute Gasteiger partial charge is 0.328 e. The first-order valence-electron chi connectivity index (χ1n) is 6.21. The van der Waals surface area contributed by atoms with Gasteiger partial charge in [0.15, 0.2) is 0 Å². The van der Waals surface area contributed by atoms with Crippen LogP contribution in [-0.2, 0) is 9.53 Å². The minimum atomic E-state index is -0.661. The standard InChI is InChI=1S/C14H21NO3S/c1-8-7-11(10(3)19-8)12(16)15-9(2)13(17)18-14(4,5)6/h7,9H,1-6H3,(H,15,16)/t9-/m1/s1. The third-order valence-corrected chi connectivity index (χ3v) is 3.36. The Labute approximate surface area is 118 Å². The lowest BCUT2D eigenvalue weighted by Gasteiger charge is -2.22. The monoisotopic (exact) mass is 283 g/mol. The average molecular weight is 283 g/mol. The molecule has 0 spiro atoms. The quantitative estimate of drug-likeness (QED) is 0.868. The lowest BCUT2D eigenvalue weighted by molar-refractivity contribution is -0.156. The first-order valence-corrected chi connectivity index (χ1v) is 7.02. The number of carbonyl (C=O) groups excluding carboxylic acids is 2. The van der Waals surface area contributed by atoms with Crippen LogP contribution in [0.5, 0.6) is 0 Å². The molecule has 1 aromatic rings. The molecule has 1 atom stereocenters. The molecule has 1 heterocycles. The van der Waals surface area contributed by atoms with Gasteiger partial charge in [-0.1, -0.05) is 0 Å². The molecule has 106 valence electrons. The summed E-state index contributed by atoms with van der Waals surface area (Å²) >= 11 is 1.57. The Morgan fingerprint density at radius 3 is 2.32 bits per heavy atom. The largest absolute Gasteiger partial charge is 0.458 e. The fourth-order valence-corrected chi connectivity index (χ4v) is 2.50. The number of hydrogen-bond donors (Lipinski definition) is 1. The van der Waals surface area contributed by atoms with E-state index >= 15 is 0 Å². The Morgan fingerprint density at radius 1 is 1.32 bits per heavy atom. The Morgan fingerprint density at radius 2 is 1.89 bits per heavy atom. The fraction of sp³-hybridized carbons (Fsp3) is 0.571. The molecule has 5 heteroatoms. The van der Waals surface area contributed by atoms with Gasteiger partial charge in [-0.25, -0.2) is 4.79 Å². The molecule has 1 rings (SSSR count). The van der Waals surface area contributed by atoms with E-state index in [2.05, 4.69) is 5.32 Å². The summed E-state index contributed by atoms with van der Waals surface area (Å²) in [5.74, 6) is -0.661. The van der Waals surface area contributed by atoms with Crippen LogP contribution in [0.4, 0.5) is 0 Å². The summed E-state index contributed by atoms with van der Waals surface area (Å²) in [4.78, 5) is 25.9. The van der Waals surface area contributed by atoms with E-state index in [1.807, 2.05) is 19.9 Å². The van der Waals surface area contributed by atoms with Crippen molar-refractivity contribution in [2.75, 3.05) is 0 Å². The molecular formula is C14H21NO3S. The van der Waals surface area contributed by atoms with Crippen LogP contribution in [0.15, 0.2) is 6.07 Å². The van der Waals surface area contributed by atoms with E-state index < -0.39 is 17.6 Å². The molecule has 0 saturated carbocycles. The Balaban J connectivity index is 2.67. The maximum absolute atomic E-state index is 12.0. The average Bonchev–Trinajstić information content (AvgIpc) is 2.55. The zero-order valence-corrected chi connectivity index (χ0v) is 13.1. The second-order valence-corrected chi connectivity index (χ2v) is 7.02. The topological polar surface area (TPSA) is 55.4 Å². The van der Waals surface area contributed by atoms with Crippen molar-refractivity contribution in [3.63, 3.8) is 0 Å². The zero-order valence-electron chi connectivity index (χ0n) is 12.3. The summed E-state index contributed by atoms with van der Waals surface area (Å²) < 4.78 is 5.22. The highest BCUT2D eigenvalue weighted by molar-refractivity contribution is 7.12. The zero-order chi connectivity index (χ0) is 14.8. The van der Waals surface area contributed by atoms with Crippen molar-refractivity contribution in [3.8, 4) is 0 Å². The Kier molecular flexibility index (Phi) is 4.74. The summed E-state index contributed by atoms with van der Waals surface area (Å²) in [6.07, 6.45) is 0. The van der Waals surface area contributed by atoms with Crippen LogP contribution in [0.1, 0.15) is 47.8 Å². The summed E-state index contributed by atoms with van der Waals surface area (Å²) in [5, 5.41) is 2.67. The van der Waals surface area contributed by atoms with E-state index in [1.54, 1.807) is 39.0 Å². The van der Waals surface area contributed by atoms with Crippen LogP contribution in [0, 0.1) is 13.8 Å². The molecule has 1 aromatic heterocycles. The Hall–Kier alpha value is -1.36. The van der Waals surface area contributed by atoms with Crippen LogP contribution in [0.2, 0.25) is 0 Å². The molecule has 19 heavy (non-hydrogen) atoms. The predicted molar refractivity (Wildman–Crippen MR) is 76.6 cm³/mol. The number of hydrogen-bond acceptors (Lipinski definition) is 4. The van der Waals surface area contributed by atoms with Gasteiger partial charge in [0.1, 0.15) is 11.6 Å². The second-order valence-electron chi connectivity index (χ2n) is 5.56. The second kappa shape index (κ2) is 5.74. The van der Waals surface area contributed by atoms with Gasteiger partial charge in [-0.3, -0.25) is 4.79 Å². The normalized spacial score (nSPS) is 12.9. The minimum Gasteiger partial charge on any atom is -0.458 e. The summed E-state index contributed by atoms with van der Waals surface area (Å²) in [7, 11) is 0. The molecule has 0 fully saturated rings. The molecule has 0 bridgehead atoms. The molecule has 1 N–H and O–H groups in total. The van der Waals surface area contributed by atoms with Gasteiger partial charge in [-0.05, 0) is 47.6 Å². The molecule has 0 aliphatic rings. The number of thiophene rings is 1. The van der Waals surface area contributed by atoms with Crippen molar-refractivity contribution in [3.05, 3.63) is 21.4 Å². The molecule has 0 radical (unpaired) electrons. The highest BCUT2D eigenvalue weighted by atomic mass is 32.1. The molecule has 0 aromatic carbocycles. The van der Waals surface area contributed by atoms with Crippen LogP contribution < -0.4 is 5.32 Å². The van der Waals surface area contributed by atoms with E-state index in [9.17, 15) is 9.59 Å². The van der Waals surface area contributed by atoms with Crippen molar-refractivity contribution >= 4 is 23.2 Å². The van der Waals surface area contributed by atoms with E-state index in [-0.39, 0.29) is 5.91 Å². The van der Waals surface area contributed by atoms with Gasteiger partial charge >= 0.3 is 5.97 Å². The van der Waals surface area contributed by atoms with Gasteiger partial charge in [0.25, 0.3) is 5.91 Å². The maximum atomic E-state index is 12.0. The summed E-state index contributed by atoms with van der Waals surface area (Å²) in [6, 6.07) is 1.17. The van der Waals surface area contributed by atoms with Crippen molar-refractivity contribution < 1.29 is 14.3 Å². The van der Waals surface area contributed by atoms with Gasteiger partial charge in [-0.2, -0.15) is 0 Å². The summed E-state index contributed by atoms with van der Waals surface area (Å²) in [6.45, 7) is 10.9. The number of amides is 1. The van der Waals surface area contributed by atoms with Crippen LogP contribution in [0.3, 0.4) is 0 Å². The third kappa shape index (κ3) is 4.67. The van der Waals surface area contributed by atoms with Gasteiger partial charge in [0.05, 0.1) is 5.56 Å². The van der Waals surface area contributed by atoms with Crippen molar-refractivity contribution in [1.29, 1.82) is 0 Å². The number of carbonyl (C=O) groups is 2. The third-order valence-electron chi connectivity index (χ3n) is 2.39. The summed E-state index contributed by atoms with van der Waals surface area (Å²) in [5.41, 5.74) is 0.0724. The van der Waals surface area contributed by atoms with E-state index in [4.69, 9.17) is 4.74 Å². The predicted octanol–water partition coefficient (Wildman–Crippen LogP) is 2.82. The molecular weight excluding hydrogens is 262 g/mol.